The molecule has 0 heterocycles. The van der Waals surface area contributed by atoms with Gasteiger partial charge in [0.2, 0.25) is 0 Å². The molecule has 17 heavy (non-hydrogen) atoms. The lowest BCUT2D eigenvalue weighted by molar-refractivity contribution is 0.352. The summed E-state index contributed by atoms with van der Waals surface area (Å²) in [6, 6.07) is 0. The van der Waals surface area contributed by atoms with Crippen molar-refractivity contribution < 1.29 is 0 Å². The second kappa shape index (κ2) is 4.00. The Kier molecular flexibility index (Phi) is 3.42. The van der Waals surface area contributed by atoms with Crippen molar-refractivity contribution >= 4 is 0 Å². The van der Waals surface area contributed by atoms with Crippen LogP contribution in [0.3, 0.4) is 0 Å². The summed E-state index contributed by atoms with van der Waals surface area (Å²) < 4.78 is 0. The van der Waals surface area contributed by atoms with Crippen LogP contribution in [0, 0.1) is 16.2 Å². The topological polar surface area (TPSA) is 0 Å². The van der Waals surface area contributed by atoms with Gasteiger partial charge in [0.1, 0.15) is 0 Å². The SMILES string of the molecule is CCC1(C)C=C(C)C(C(C)(C)C)=C1C(C)(C)C. The lowest BCUT2D eigenvalue weighted by Crippen LogP contribution is -2.27. The standard InChI is InChI=1S/C17H30/c1-10-17(9)11-12(2)13(15(3,4)5)14(17)16(6,7)8/h11H,10H2,1-9H3. The summed E-state index contributed by atoms with van der Waals surface area (Å²) in [6.07, 6.45) is 3.69. The molecule has 0 heteroatoms. The maximum absolute atomic E-state index is 2.49. The number of rotatable bonds is 1. The van der Waals surface area contributed by atoms with E-state index in [1.165, 1.54) is 12.0 Å². The summed E-state index contributed by atoms with van der Waals surface area (Å²) in [6.45, 7) is 21.1. The zero-order valence-electron chi connectivity index (χ0n) is 13.3. The van der Waals surface area contributed by atoms with E-state index in [1.807, 2.05) is 0 Å². The van der Waals surface area contributed by atoms with Crippen LogP contribution in [0.2, 0.25) is 0 Å². The van der Waals surface area contributed by atoms with Crippen molar-refractivity contribution in [2.45, 2.75) is 68.7 Å². The van der Waals surface area contributed by atoms with Crippen LogP contribution < -0.4 is 0 Å². The van der Waals surface area contributed by atoms with E-state index < -0.39 is 0 Å². The average molecular weight is 234 g/mol. The maximum Gasteiger partial charge on any atom is 0.00770 e. The van der Waals surface area contributed by atoms with Gasteiger partial charge in [-0.1, -0.05) is 72.6 Å². The smallest absolute Gasteiger partial charge is 0.00770 e. The normalized spacial score (nSPS) is 26.5. The van der Waals surface area contributed by atoms with E-state index in [4.69, 9.17) is 0 Å². The number of allylic oxidation sites excluding steroid dienone is 4. The van der Waals surface area contributed by atoms with Crippen LogP contribution in [-0.4, -0.2) is 0 Å². The predicted octanol–water partition coefficient (Wildman–Crippen LogP) is 5.75. The third-order valence-electron chi connectivity index (χ3n) is 3.98. The van der Waals surface area contributed by atoms with Crippen LogP contribution in [0.5, 0.6) is 0 Å². The molecule has 0 aliphatic heterocycles. The third kappa shape index (κ3) is 2.51. The lowest BCUT2D eigenvalue weighted by atomic mass is 9.66. The third-order valence-corrected chi connectivity index (χ3v) is 3.98. The molecule has 0 bridgehead atoms. The summed E-state index contributed by atoms with van der Waals surface area (Å²) in [4.78, 5) is 0. The minimum Gasteiger partial charge on any atom is -0.0713 e. The Morgan fingerprint density at radius 3 is 1.76 bits per heavy atom. The second-order valence-electron chi connectivity index (χ2n) is 7.85. The molecule has 0 fully saturated rings. The van der Waals surface area contributed by atoms with E-state index in [9.17, 15) is 0 Å². The van der Waals surface area contributed by atoms with E-state index in [-0.39, 0.29) is 16.2 Å². The van der Waals surface area contributed by atoms with Gasteiger partial charge in [-0.05, 0) is 29.7 Å². The summed E-state index contributed by atoms with van der Waals surface area (Å²) in [5.74, 6) is 0. The van der Waals surface area contributed by atoms with Gasteiger partial charge in [0.25, 0.3) is 0 Å². The molecule has 1 aliphatic carbocycles. The molecule has 0 aromatic heterocycles. The average Bonchev–Trinajstić information content (AvgIpc) is 2.36. The fraction of sp³-hybridized carbons (Fsp3) is 0.765. The highest BCUT2D eigenvalue weighted by Gasteiger charge is 2.42. The number of hydrogen-bond acceptors (Lipinski definition) is 0. The predicted molar refractivity (Wildman–Crippen MR) is 78.1 cm³/mol. The molecule has 0 saturated heterocycles. The molecule has 0 spiro atoms. The van der Waals surface area contributed by atoms with Crippen molar-refractivity contribution in [2.75, 3.05) is 0 Å². The van der Waals surface area contributed by atoms with Crippen molar-refractivity contribution in [1.29, 1.82) is 0 Å². The molecule has 1 atom stereocenters. The van der Waals surface area contributed by atoms with Gasteiger partial charge >= 0.3 is 0 Å². The van der Waals surface area contributed by atoms with Crippen LogP contribution in [0.25, 0.3) is 0 Å². The Bertz CT molecular complexity index is 366. The van der Waals surface area contributed by atoms with Crippen LogP contribution in [0.4, 0.5) is 0 Å². The summed E-state index contributed by atoms with van der Waals surface area (Å²) in [5, 5.41) is 0. The molecule has 1 unspecified atom stereocenters. The minimum absolute atomic E-state index is 0.246. The first-order chi connectivity index (χ1) is 7.43. The Balaban J connectivity index is 3.55. The first-order valence-electron chi connectivity index (χ1n) is 6.89. The van der Waals surface area contributed by atoms with Gasteiger partial charge < -0.3 is 0 Å². The van der Waals surface area contributed by atoms with Gasteiger partial charge in [-0.25, -0.2) is 0 Å². The van der Waals surface area contributed by atoms with Gasteiger partial charge in [0, 0.05) is 5.41 Å². The van der Waals surface area contributed by atoms with Gasteiger partial charge in [0.05, 0.1) is 0 Å². The van der Waals surface area contributed by atoms with E-state index in [2.05, 4.69) is 68.4 Å². The van der Waals surface area contributed by atoms with Gasteiger partial charge in [-0.2, -0.15) is 0 Å². The van der Waals surface area contributed by atoms with Crippen LogP contribution in [-0.2, 0) is 0 Å². The molecular formula is C17H30. The Hall–Kier alpha value is -0.520. The molecule has 0 aromatic carbocycles. The summed E-state index contributed by atoms with van der Waals surface area (Å²) >= 11 is 0. The van der Waals surface area contributed by atoms with Crippen LogP contribution in [0.15, 0.2) is 22.8 Å². The van der Waals surface area contributed by atoms with Crippen LogP contribution >= 0.6 is 0 Å². The molecule has 98 valence electrons. The van der Waals surface area contributed by atoms with E-state index in [0.717, 1.165) is 0 Å². The Morgan fingerprint density at radius 2 is 1.47 bits per heavy atom. The molecule has 1 aliphatic rings. The minimum atomic E-state index is 0.246. The first-order valence-corrected chi connectivity index (χ1v) is 6.89. The number of hydrogen-bond donors (Lipinski definition) is 0. The molecule has 1 rings (SSSR count). The zero-order valence-corrected chi connectivity index (χ0v) is 13.3. The quantitative estimate of drug-likeness (QED) is 0.542. The van der Waals surface area contributed by atoms with Crippen molar-refractivity contribution in [3.05, 3.63) is 22.8 Å². The van der Waals surface area contributed by atoms with E-state index in [0.29, 0.717) is 0 Å². The van der Waals surface area contributed by atoms with E-state index in [1.54, 1.807) is 11.1 Å². The maximum atomic E-state index is 2.49. The highest BCUT2D eigenvalue weighted by atomic mass is 14.5. The highest BCUT2D eigenvalue weighted by Crippen LogP contribution is 2.55. The zero-order chi connectivity index (χ0) is 13.6. The summed E-state index contributed by atoms with van der Waals surface area (Å²) in [7, 11) is 0. The van der Waals surface area contributed by atoms with Crippen LogP contribution in [0.1, 0.15) is 68.7 Å². The lowest BCUT2D eigenvalue weighted by Gasteiger charge is -2.38. The fourth-order valence-electron chi connectivity index (χ4n) is 3.58. The van der Waals surface area contributed by atoms with Crippen molar-refractivity contribution in [2.24, 2.45) is 16.2 Å². The molecule has 0 nitrogen and oxygen atoms in total. The molecule has 0 saturated carbocycles. The molecular weight excluding hydrogens is 204 g/mol. The second-order valence-corrected chi connectivity index (χ2v) is 7.85. The van der Waals surface area contributed by atoms with Gasteiger partial charge in [-0.3, -0.25) is 0 Å². The molecule has 0 amide bonds. The molecule has 0 radical (unpaired) electrons. The highest BCUT2D eigenvalue weighted by molar-refractivity contribution is 5.51. The first kappa shape index (κ1) is 14.5. The van der Waals surface area contributed by atoms with E-state index >= 15 is 0 Å². The van der Waals surface area contributed by atoms with Crippen molar-refractivity contribution in [3.63, 3.8) is 0 Å². The molecule has 0 N–H and O–H groups in total. The largest absolute Gasteiger partial charge is 0.0713 e. The monoisotopic (exact) mass is 234 g/mol. The summed E-state index contributed by atoms with van der Waals surface area (Å²) in [5.41, 5.74) is 5.49. The Morgan fingerprint density at radius 1 is 1.00 bits per heavy atom. The van der Waals surface area contributed by atoms with Crippen molar-refractivity contribution in [1.82, 2.24) is 0 Å². The van der Waals surface area contributed by atoms with Crippen molar-refractivity contribution in [3.8, 4) is 0 Å². The van der Waals surface area contributed by atoms with Gasteiger partial charge in [-0.15, -0.1) is 0 Å². The van der Waals surface area contributed by atoms with Gasteiger partial charge in [0.15, 0.2) is 0 Å². The molecule has 0 aromatic rings. The Labute approximate surface area is 108 Å². The fourth-order valence-corrected chi connectivity index (χ4v) is 3.58.